The van der Waals surface area contributed by atoms with Crippen LogP contribution in [0.5, 0.6) is 0 Å². The lowest BCUT2D eigenvalue weighted by molar-refractivity contribution is -0.0371. The van der Waals surface area contributed by atoms with Gasteiger partial charge in [0, 0.05) is 36.0 Å². The molecular weight excluding hydrogens is 318 g/mol. The number of rotatable bonds is 3. The van der Waals surface area contributed by atoms with E-state index in [0.29, 0.717) is 12.4 Å². The minimum Gasteiger partial charge on any atom is -0.456 e. The number of morpholine rings is 1. The van der Waals surface area contributed by atoms with Crippen molar-refractivity contribution in [3.8, 4) is 0 Å². The molecular formula is C18H17N5O2. The van der Waals surface area contributed by atoms with Crippen molar-refractivity contribution in [2.45, 2.75) is 12.6 Å². The van der Waals surface area contributed by atoms with Crippen LogP contribution in [0, 0.1) is 0 Å². The molecule has 25 heavy (non-hydrogen) atoms. The number of tetrazole rings is 1. The highest BCUT2D eigenvalue weighted by molar-refractivity contribution is 6.05. The molecule has 2 aromatic carbocycles. The van der Waals surface area contributed by atoms with Gasteiger partial charge in [0.05, 0.1) is 6.61 Å². The molecule has 1 fully saturated rings. The lowest BCUT2D eigenvalue weighted by Gasteiger charge is -2.31. The molecule has 0 aliphatic carbocycles. The third-order valence-corrected chi connectivity index (χ3v) is 4.68. The fourth-order valence-corrected chi connectivity index (χ4v) is 3.48. The summed E-state index contributed by atoms with van der Waals surface area (Å²) < 4.78 is 11.9. The number of furan rings is 1. The minimum atomic E-state index is -0.151. The van der Waals surface area contributed by atoms with Crippen molar-refractivity contribution in [2.24, 2.45) is 0 Å². The number of hydrogen-bond donors (Lipinski definition) is 1. The molecule has 1 N–H and O–H groups in total. The Morgan fingerprint density at radius 2 is 2.04 bits per heavy atom. The first-order valence-electron chi connectivity index (χ1n) is 8.35. The average molecular weight is 335 g/mol. The van der Waals surface area contributed by atoms with E-state index < -0.39 is 0 Å². The second-order valence-corrected chi connectivity index (χ2v) is 6.26. The maximum Gasteiger partial charge on any atom is 0.204 e. The highest BCUT2D eigenvalue weighted by Gasteiger charge is 2.25. The van der Waals surface area contributed by atoms with E-state index in [1.807, 2.05) is 18.2 Å². The molecule has 3 heterocycles. The Balaban J connectivity index is 1.45. The topological polar surface area (TPSA) is 80.1 Å². The molecule has 0 radical (unpaired) electrons. The predicted octanol–water partition coefficient (Wildman–Crippen LogP) is 2.67. The van der Waals surface area contributed by atoms with Gasteiger partial charge >= 0.3 is 0 Å². The quantitative estimate of drug-likeness (QED) is 0.620. The first-order valence-corrected chi connectivity index (χ1v) is 8.35. The number of fused-ring (bicyclic) bond motifs is 3. The number of benzene rings is 2. The lowest BCUT2D eigenvalue weighted by Crippen LogP contribution is -2.38. The largest absolute Gasteiger partial charge is 0.456 e. The fraction of sp³-hybridized carbons (Fsp3) is 0.278. The molecule has 0 spiro atoms. The van der Waals surface area contributed by atoms with Crippen LogP contribution in [-0.4, -0.2) is 45.2 Å². The zero-order chi connectivity index (χ0) is 16.6. The molecule has 5 rings (SSSR count). The smallest absolute Gasteiger partial charge is 0.204 e. The summed E-state index contributed by atoms with van der Waals surface area (Å²) in [4.78, 5) is 2.34. The van der Waals surface area contributed by atoms with Gasteiger partial charge in [-0.25, -0.2) is 0 Å². The number of hydrogen-bond acceptors (Lipinski definition) is 6. The van der Waals surface area contributed by atoms with Gasteiger partial charge in [-0.15, -0.1) is 10.2 Å². The van der Waals surface area contributed by atoms with E-state index in [0.717, 1.165) is 41.6 Å². The number of aromatic amines is 1. The number of aromatic nitrogens is 4. The maximum atomic E-state index is 6.13. The molecule has 1 aliphatic rings. The lowest BCUT2D eigenvalue weighted by atomic mass is 10.1. The summed E-state index contributed by atoms with van der Waals surface area (Å²) in [5.41, 5.74) is 3.07. The predicted molar refractivity (Wildman–Crippen MR) is 91.9 cm³/mol. The third kappa shape index (κ3) is 2.57. The van der Waals surface area contributed by atoms with Crippen molar-refractivity contribution >= 4 is 21.9 Å². The van der Waals surface area contributed by atoms with Crippen molar-refractivity contribution in [3.05, 3.63) is 53.9 Å². The fourth-order valence-electron chi connectivity index (χ4n) is 3.48. The zero-order valence-corrected chi connectivity index (χ0v) is 13.6. The average Bonchev–Trinajstić information content (AvgIpc) is 3.31. The van der Waals surface area contributed by atoms with E-state index in [1.165, 1.54) is 5.56 Å². The van der Waals surface area contributed by atoms with E-state index in [9.17, 15) is 0 Å². The third-order valence-electron chi connectivity index (χ3n) is 4.68. The van der Waals surface area contributed by atoms with E-state index in [4.69, 9.17) is 9.15 Å². The molecule has 1 saturated heterocycles. The Morgan fingerprint density at radius 1 is 1.12 bits per heavy atom. The van der Waals surface area contributed by atoms with Gasteiger partial charge < -0.3 is 9.15 Å². The normalized spacial score (nSPS) is 19.0. The molecule has 7 heteroatoms. The van der Waals surface area contributed by atoms with Gasteiger partial charge in [0.1, 0.15) is 17.3 Å². The van der Waals surface area contributed by atoms with E-state index in [-0.39, 0.29) is 6.10 Å². The molecule has 1 aliphatic heterocycles. The highest BCUT2D eigenvalue weighted by Crippen LogP contribution is 2.31. The molecule has 1 atom stereocenters. The zero-order valence-electron chi connectivity index (χ0n) is 13.6. The number of H-pyrrole nitrogens is 1. The van der Waals surface area contributed by atoms with Gasteiger partial charge in [-0.3, -0.25) is 4.90 Å². The number of nitrogens with zero attached hydrogens (tertiary/aromatic N) is 4. The Hall–Kier alpha value is -2.77. The number of ether oxygens (including phenoxy) is 1. The van der Waals surface area contributed by atoms with Crippen LogP contribution in [0.25, 0.3) is 21.9 Å². The molecule has 4 aromatic rings. The molecule has 2 aromatic heterocycles. The van der Waals surface area contributed by atoms with Crippen LogP contribution < -0.4 is 0 Å². The molecule has 0 bridgehead atoms. The van der Waals surface area contributed by atoms with E-state index in [2.05, 4.69) is 49.8 Å². The van der Waals surface area contributed by atoms with Crippen LogP contribution in [0.1, 0.15) is 17.5 Å². The van der Waals surface area contributed by atoms with Gasteiger partial charge in [-0.05, 0) is 6.07 Å². The highest BCUT2D eigenvalue weighted by atomic mass is 16.5. The number of para-hydroxylation sites is 2. The van der Waals surface area contributed by atoms with Crippen LogP contribution in [0.2, 0.25) is 0 Å². The van der Waals surface area contributed by atoms with Crippen molar-refractivity contribution < 1.29 is 9.15 Å². The van der Waals surface area contributed by atoms with Crippen LogP contribution in [0.3, 0.4) is 0 Å². The summed E-state index contributed by atoms with van der Waals surface area (Å²) in [5, 5.41) is 16.5. The van der Waals surface area contributed by atoms with Crippen LogP contribution in [0.15, 0.2) is 46.9 Å². The summed E-state index contributed by atoms with van der Waals surface area (Å²) in [6.07, 6.45) is -0.151. The second kappa shape index (κ2) is 5.94. The summed E-state index contributed by atoms with van der Waals surface area (Å²) >= 11 is 0. The first kappa shape index (κ1) is 14.6. The Bertz CT molecular complexity index is 1010. The van der Waals surface area contributed by atoms with Crippen molar-refractivity contribution in [1.82, 2.24) is 25.5 Å². The van der Waals surface area contributed by atoms with Gasteiger partial charge in [0.15, 0.2) is 0 Å². The Morgan fingerprint density at radius 3 is 2.96 bits per heavy atom. The van der Waals surface area contributed by atoms with Gasteiger partial charge in [0.25, 0.3) is 0 Å². The standard InChI is InChI=1S/C18H17N5O2/c1-2-7-15-13(5-1)14-6-3-4-12(17(14)25-15)10-23-8-9-24-16(11-23)18-19-21-22-20-18/h1-7,16H,8-11H2,(H,19,20,21,22). The molecule has 7 nitrogen and oxygen atoms in total. The molecule has 0 amide bonds. The summed E-state index contributed by atoms with van der Waals surface area (Å²) in [7, 11) is 0. The molecule has 0 saturated carbocycles. The van der Waals surface area contributed by atoms with Gasteiger partial charge in [-0.1, -0.05) is 41.6 Å². The second-order valence-electron chi connectivity index (χ2n) is 6.26. The van der Waals surface area contributed by atoms with Gasteiger partial charge in [-0.2, -0.15) is 5.21 Å². The monoisotopic (exact) mass is 335 g/mol. The first-order chi connectivity index (χ1) is 12.4. The summed E-state index contributed by atoms with van der Waals surface area (Å²) in [5.74, 6) is 0.603. The van der Waals surface area contributed by atoms with E-state index in [1.54, 1.807) is 0 Å². The van der Waals surface area contributed by atoms with Crippen LogP contribution in [0.4, 0.5) is 0 Å². The maximum absolute atomic E-state index is 6.13. The van der Waals surface area contributed by atoms with Crippen LogP contribution >= 0.6 is 0 Å². The van der Waals surface area contributed by atoms with Crippen LogP contribution in [-0.2, 0) is 11.3 Å². The van der Waals surface area contributed by atoms with E-state index >= 15 is 0 Å². The van der Waals surface area contributed by atoms with Crippen molar-refractivity contribution in [3.63, 3.8) is 0 Å². The van der Waals surface area contributed by atoms with Gasteiger partial charge in [0.2, 0.25) is 5.82 Å². The molecule has 1 unspecified atom stereocenters. The summed E-state index contributed by atoms with van der Waals surface area (Å²) in [6, 6.07) is 14.5. The number of nitrogens with one attached hydrogen (secondary N) is 1. The minimum absolute atomic E-state index is 0.151. The Kier molecular flexibility index (Phi) is 3.46. The van der Waals surface area contributed by atoms with Crippen molar-refractivity contribution in [2.75, 3.05) is 19.7 Å². The SMILES string of the molecule is c1ccc2c(c1)oc1c(CN3CCOC(c4nn[nH]n4)C3)cccc12. The summed E-state index contributed by atoms with van der Waals surface area (Å²) in [6.45, 7) is 3.05. The Labute approximate surface area is 143 Å². The molecule has 126 valence electrons. The van der Waals surface area contributed by atoms with Crippen molar-refractivity contribution in [1.29, 1.82) is 0 Å².